The van der Waals surface area contributed by atoms with Gasteiger partial charge < -0.3 is 10.0 Å². The summed E-state index contributed by atoms with van der Waals surface area (Å²) >= 11 is 5.94. The lowest BCUT2D eigenvalue weighted by molar-refractivity contribution is 0.0573. The Hall–Kier alpha value is -1.20. The van der Waals surface area contributed by atoms with Crippen LogP contribution in [0.4, 0.5) is 0 Å². The lowest BCUT2D eigenvalue weighted by Gasteiger charge is -2.27. The van der Waals surface area contributed by atoms with E-state index in [1.807, 2.05) is 13.8 Å². The average Bonchev–Trinajstić information content (AvgIpc) is 2.27. The van der Waals surface area contributed by atoms with E-state index in [9.17, 15) is 9.90 Å². The van der Waals surface area contributed by atoms with Crippen LogP contribution in [-0.2, 0) is 0 Å². The second kappa shape index (κ2) is 6.11. The molecule has 1 aromatic heterocycles. The number of amides is 1. The largest absolute Gasteiger partial charge is 0.392 e. The lowest BCUT2D eigenvalue weighted by Crippen LogP contribution is -2.42. The Morgan fingerprint density at radius 1 is 1.50 bits per heavy atom. The number of nitrogens with zero attached hydrogens (tertiary/aromatic N) is 3. The van der Waals surface area contributed by atoms with Gasteiger partial charge in [0.2, 0.25) is 0 Å². The molecule has 5 nitrogen and oxygen atoms in total. The number of hydrogen-bond donors (Lipinski definition) is 1. The summed E-state index contributed by atoms with van der Waals surface area (Å²) in [7, 11) is 0. The van der Waals surface area contributed by atoms with Crippen LogP contribution in [0.2, 0.25) is 5.02 Å². The van der Waals surface area contributed by atoms with Crippen LogP contribution in [0, 0.1) is 6.92 Å². The molecule has 1 aromatic rings. The van der Waals surface area contributed by atoms with Gasteiger partial charge in [-0.2, -0.15) is 0 Å². The molecule has 1 unspecified atom stereocenters. The molecule has 6 heteroatoms. The number of aliphatic hydroxyl groups excluding tert-OH is 1. The number of aliphatic hydroxyl groups is 1. The second-order valence-corrected chi connectivity index (χ2v) is 4.92. The Morgan fingerprint density at radius 2 is 2.11 bits per heavy atom. The molecule has 100 valence electrons. The zero-order valence-corrected chi connectivity index (χ0v) is 11.8. The van der Waals surface area contributed by atoms with E-state index < -0.39 is 6.10 Å². The lowest BCUT2D eigenvalue weighted by atomic mass is 10.2. The van der Waals surface area contributed by atoms with Crippen molar-refractivity contribution in [3.63, 3.8) is 0 Å². The third-order valence-electron chi connectivity index (χ3n) is 2.41. The van der Waals surface area contributed by atoms with Gasteiger partial charge in [0, 0.05) is 12.6 Å². The first kappa shape index (κ1) is 14.9. The minimum atomic E-state index is -0.599. The number of rotatable bonds is 4. The highest BCUT2D eigenvalue weighted by Gasteiger charge is 2.23. The van der Waals surface area contributed by atoms with Crippen molar-refractivity contribution in [2.75, 3.05) is 6.54 Å². The summed E-state index contributed by atoms with van der Waals surface area (Å²) in [4.78, 5) is 21.9. The monoisotopic (exact) mass is 271 g/mol. The summed E-state index contributed by atoms with van der Waals surface area (Å²) in [6.07, 6.45) is 0.816. The van der Waals surface area contributed by atoms with Gasteiger partial charge in [-0.25, -0.2) is 9.97 Å². The van der Waals surface area contributed by atoms with Gasteiger partial charge in [-0.05, 0) is 27.7 Å². The highest BCUT2D eigenvalue weighted by Crippen LogP contribution is 2.16. The number of aryl methyl sites for hydroxylation is 1. The summed E-state index contributed by atoms with van der Waals surface area (Å²) < 4.78 is 0. The fourth-order valence-electron chi connectivity index (χ4n) is 1.55. The van der Waals surface area contributed by atoms with E-state index in [-0.39, 0.29) is 29.2 Å². The van der Waals surface area contributed by atoms with E-state index in [4.69, 9.17) is 11.6 Å². The van der Waals surface area contributed by atoms with Crippen LogP contribution in [-0.4, -0.2) is 44.6 Å². The minimum Gasteiger partial charge on any atom is -0.392 e. The molecule has 0 aliphatic heterocycles. The van der Waals surface area contributed by atoms with E-state index >= 15 is 0 Å². The first-order valence-corrected chi connectivity index (χ1v) is 6.19. The normalized spacial score (nSPS) is 12.6. The van der Waals surface area contributed by atoms with Crippen molar-refractivity contribution in [1.82, 2.24) is 14.9 Å². The van der Waals surface area contributed by atoms with Crippen LogP contribution >= 0.6 is 11.6 Å². The zero-order valence-electron chi connectivity index (χ0n) is 11.0. The van der Waals surface area contributed by atoms with Crippen LogP contribution in [0.15, 0.2) is 6.20 Å². The van der Waals surface area contributed by atoms with Crippen molar-refractivity contribution < 1.29 is 9.90 Å². The van der Waals surface area contributed by atoms with Gasteiger partial charge in [0.25, 0.3) is 5.91 Å². The zero-order chi connectivity index (χ0) is 13.9. The van der Waals surface area contributed by atoms with E-state index in [0.717, 1.165) is 0 Å². The highest BCUT2D eigenvalue weighted by atomic mass is 35.5. The molecule has 0 radical (unpaired) electrons. The predicted octanol–water partition coefficient (Wildman–Crippen LogP) is 1.67. The second-order valence-electron chi connectivity index (χ2n) is 4.51. The molecule has 0 fully saturated rings. The van der Waals surface area contributed by atoms with Crippen molar-refractivity contribution in [3.8, 4) is 0 Å². The standard InChI is InChI=1S/C12H18ClN3O2/c1-7(2)16(6-8(3)17)12(18)11-10(13)5-14-9(4)15-11/h5,7-8,17H,6H2,1-4H3. The summed E-state index contributed by atoms with van der Waals surface area (Å²) in [5.74, 6) is 0.199. The summed E-state index contributed by atoms with van der Waals surface area (Å²) in [6, 6.07) is -0.0431. The molecule has 18 heavy (non-hydrogen) atoms. The third kappa shape index (κ3) is 3.65. The van der Waals surface area contributed by atoms with Crippen molar-refractivity contribution in [2.45, 2.75) is 39.8 Å². The molecule has 0 bridgehead atoms. The Balaban J connectivity index is 3.05. The third-order valence-corrected chi connectivity index (χ3v) is 2.69. The Kier molecular flexibility index (Phi) is 5.04. The molecule has 0 spiro atoms. The van der Waals surface area contributed by atoms with Gasteiger partial charge in [-0.1, -0.05) is 11.6 Å². The van der Waals surface area contributed by atoms with Crippen LogP contribution < -0.4 is 0 Å². The van der Waals surface area contributed by atoms with Crippen LogP contribution in [0.3, 0.4) is 0 Å². The first-order valence-electron chi connectivity index (χ1n) is 5.81. The van der Waals surface area contributed by atoms with Crippen LogP contribution in [0.5, 0.6) is 0 Å². The molecule has 1 heterocycles. The highest BCUT2D eigenvalue weighted by molar-refractivity contribution is 6.33. The Morgan fingerprint density at radius 3 is 2.61 bits per heavy atom. The maximum absolute atomic E-state index is 12.3. The first-order chi connectivity index (χ1) is 8.32. The summed E-state index contributed by atoms with van der Waals surface area (Å²) in [5, 5.41) is 9.66. The quantitative estimate of drug-likeness (QED) is 0.905. The topological polar surface area (TPSA) is 66.3 Å². The fraction of sp³-hybridized carbons (Fsp3) is 0.583. The average molecular weight is 272 g/mol. The molecular weight excluding hydrogens is 254 g/mol. The Labute approximate surface area is 112 Å². The molecule has 1 atom stereocenters. The Bertz CT molecular complexity index is 435. The summed E-state index contributed by atoms with van der Waals surface area (Å²) in [5.41, 5.74) is 0.179. The molecule has 0 aliphatic rings. The van der Waals surface area contributed by atoms with Crippen LogP contribution in [0.1, 0.15) is 37.1 Å². The van der Waals surface area contributed by atoms with E-state index in [1.165, 1.54) is 6.20 Å². The molecule has 1 N–H and O–H groups in total. The van der Waals surface area contributed by atoms with Gasteiger partial charge in [0.15, 0.2) is 5.69 Å². The van der Waals surface area contributed by atoms with Crippen molar-refractivity contribution >= 4 is 17.5 Å². The molecule has 0 aromatic carbocycles. The number of aromatic nitrogens is 2. The molecule has 1 amide bonds. The molecule has 0 saturated carbocycles. The van der Waals surface area contributed by atoms with E-state index in [1.54, 1.807) is 18.7 Å². The van der Waals surface area contributed by atoms with Gasteiger partial charge in [0.1, 0.15) is 5.82 Å². The van der Waals surface area contributed by atoms with E-state index in [0.29, 0.717) is 5.82 Å². The van der Waals surface area contributed by atoms with Gasteiger partial charge in [-0.3, -0.25) is 4.79 Å². The maximum Gasteiger partial charge on any atom is 0.274 e. The number of carbonyl (C=O) groups is 1. The molecule has 1 rings (SSSR count). The molecule has 0 aliphatic carbocycles. The molecule has 0 saturated heterocycles. The maximum atomic E-state index is 12.3. The van der Waals surface area contributed by atoms with Crippen molar-refractivity contribution in [3.05, 3.63) is 22.7 Å². The fourth-order valence-corrected chi connectivity index (χ4v) is 1.73. The number of hydrogen-bond acceptors (Lipinski definition) is 4. The van der Waals surface area contributed by atoms with Gasteiger partial charge >= 0.3 is 0 Å². The molecular formula is C12H18ClN3O2. The number of carbonyl (C=O) groups excluding carboxylic acids is 1. The van der Waals surface area contributed by atoms with E-state index in [2.05, 4.69) is 9.97 Å². The minimum absolute atomic E-state index is 0.0431. The number of halogens is 1. The van der Waals surface area contributed by atoms with Gasteiger partial charge in [0.05, 0.1) is 17.3 Å². The predicted molar refractivity (Wildman–Crippen MR) is 69.6 cm³/mol. The van der Waals surface area contributed by atoms with Gasteiger partial charge in [-0.15, -0.1) is 0 Å². The summed E-state index contributed by atoms with van der Waals surface area (Å²) in [6.45, 7) is 7.33. The van der Waals surface area contributed by atoms with Crippen molar-refractivity contribution in [1.29, 1.82) is 0 Å². The smallest absolute Gasteiger partial charge is 0.274 e. The van der Waals surface area contributed by atoms with Crippen LogP contribution in [0.25, 0.3) is 0 Å². The SMILES string of the molecule is Cc1ncc(Cl)c(C(=O)N(CC(C)O)C(C)C)n1. The van der Waals surface area contributed by atoms with Crippen molar-refractivity contribution in [2.24, 2.45) is 0 Å².